The van der Waals surface area contributed by atoms with E-state index in [1.807, 2.05) is 43.3 Å². The molecule has 2 saturated heterocycles. The van der Waals surface area contributed by atoms with Crippen LogP contribution in [0.4, 0.5) is 4.79 Å². The molecule has 1 aliphatic carbocycles. The van der Waals surface area contributed by atoms with Crippen LogP contribution in [0.25, 0.3) is 11.6 Å². The van der Waals surface area contributed by atoms with Crippen molar-refractivity contribution in [1.29, 1.82) is 0 Å². The molecule has 2 aliphatic heterocycles. The molecule has 220 valence electrons. The average Bonchev–Trinajstić information content (AvgIpc) is 3.25. The van der Waals surface area contributed by atoms with Crippen LogP contribution in [-0.2, 0) is 19.0 Å². The SMILES string of the molecule is CCC1=C2[C@@H](CC/C(=C/c3cc(I)c(O)c(OC)c3)c3ccccc3)OB(O)C[C@@H]2[C@@H]2C(=O)N(C(=O)OC)C(=O)[C@@H]2C1. The highest BCUT2D eigenvalue weighted by Crippen LogP contribution is 2.51. The molecular weight excluding hydrogens is 652 g/mol. The number of carbonyl (C=O) groups is 3. The van der Waals surface area contributed by atoms with Crippen LogP contribution in [0.15, 0.2) is 53.6 Å². The number of nitrogens with zero attached hydrogens (tertiary/aromatic N) is 1. The molecule has 2 aromatic carbocycles. The largest absolute Gasteiger partial charge is 0.504 e. The third-order valence-corrected chi connectivity index (χ3v) is 9.35. The van der Waals surface area contributed by atoms with Gasteiger partial charge >= 0.3 is 13.2 Å². The summed E-state index contributed by atoms with van der Waals surface area (Å²) < 4.78 is 16.9. The maximum Gasteiger partial charge on any atom is 0.455 e. The molecule has 2 heterocycles. The number of phenolic OH excluding ortho intramolecular Hbond substituents is 1. The van der Waals surface area contributed by atoms with Gasteiger partial charge in [-0.15, -0.1) is 0 Å². The lowest BCUT2D eigenvalue weighted by Crippen LogP contribution is -2.46. The molecule has 9 nitrogen and oxygen atoms in total. The van der Waals surface area contributed by atoms with E-state index in [9.17, 15) is 24.5 Å². The molecule has 2 aromatic rings. The number of methoxy groups -OCH3 is 2. The van der Waals surface area contributed by atoms with Gasteiger partial charge in [-0.25, -0.2) is 4.79 Å². The maximum absolute atomic E-state index is 13.4. The van der Waals surface area contributed by atoms with Gasteiger partial charge in [-0.2, -0.15) is 4.90 Å². The van der Waals surface area contributed by atoms with Crippen LogP contribution in [-0.4, -0.2) is 60.4 Å². The monoisotopic (exact) mass is 685 g/mol. The number of hydrogen-bond donors (Lipinski definition) is 2. The maximum atomic E-state index is 13.4. The Kier molecular flexibility index (Phi) is 9.10. The number of imide groups is 3. The number of carbonyl (C=O) groups excluding carboxylic acids is 3. The second-order valence-corrected chi connectivity index (χ2v) is 11.9. The van der Waals surface area contributed by atoms with E-state index < -0.39 is 48.9 Å². The fourth-order valence-corrected chi connectivity index (χ4v) is 7.27. The number of benzene rings is 2. The lowest BCUT2D eigenvalue weighted by atomic mass is 9.58. The predicted molar refractivity (Wildman–Crippen MR) is 165 cm³/mol. The Hall–Kier alpha value is -3.16. The van der Waals surface area contributed by atoms with Crippen molar-refractivity contribution in [2.24, 2.45) is 17.8 Å². The highest BCUT2D eigenvalue weighted by atomic mass is 127. The summed E-state index contributed by atoms with van der Waals surface area (Å²) in [5.74, 6) is -2.43. The van der Waals surface area contributed by atoms with Crippen LogP contribution in [0.5, 0.6) is 11.5 Å². The summed E-state index contributed by atoms with van der Waals surface area (Å²) >= 11 is 2.07. The molecule has 11 heteroatoms. The molecule has 0 aromatic heterocycles. The van der Waals surface area contributed by atoms with Gasteiger partial charge in [-0.1, -0.05) is 48.9 Å². The number of likely N-dealkylation sites (tertiary alicyclic amines) is 1. The third kappa shape index (κ3) is 5.61. The van der Waals surface area contributed by atoms with Crippen molar-refractivity contribution in [3.05, 3.63) is 68.3 Å². The van der Waals surface area contributed by atoms with Gasteiger partial charge in [0.05, 0.1) is 35.7 Å². The number of amides is 3. The predicted octanol–water partition coefficient (Wildman–Crippen LogP) is 5.30. The Morgan fingerprint density at radius 1 is 1.17 bits per heavy atom. The van der Waals surface area contributed by atoms with Crippen molar-refractivity contribution in [3.63, 3.8) is 0 Å². The molecule has 5 rings (SSSR count). The summed E-state index contributed by atoms with van der Waals surface area (Å²) in [7, 11) is 1.55. The van der Waals surface area contributed by atoms with Gasteiger partial charge in [0, 0.05) is 0 Å². The zero-order chi connectivity index (χ0) is 30.1. The highest BCUT2D eigenvalue weighted by molar-refractivity contribution is 14.1. The van der Waals surface area contributed by atoms with E-state index in [1.165, 1.54) is 7.11 Å². The first-order valence-electron chi connectivity index (χ1n) is 14.0. The standard InChI is InChI=1S/C31H33BINO8/c1-4-18-15-21-27(30(37)34(29(21)36)31(38)41-3)22-16-32(39)42-24(26(18)22)11-10-20(19-8-6-5-7-9-19)12-17-13-23(33)28(35)25(14-17)40-2/h5-9,12-14,21-22,24,27,35,39H,4,10-11,15-16H2,1-3H3/b20-12-/t21-,22+,24-,27-/m1/s1. The molecule has 0 unspecified atom stereocenters. The van der Waals surface area contributed by atoms with Crippen molar-refractivity contribution < 1.29 is 38.6 Å². The van der Waals surface area contributed by atoms with Crippen LogP contribution in [0, 0.1) is 21.3 Å². The molecular formula is C31H33BINO8. The van der Waals surface area contributed by atoms with Gasteiger partial charge in [0.2, 0.25) is 11.8 Å². The summed E-state index contributed by atoms with van der Waals surface area (Å²) in [5, 5.41) is 21.1. The van der Waals surface area contributed by atoms with Gasteiger partial charge in [0.25, 0.3) is 0 Å². The second kappa shape index (κ2) is 12.6. The molecule has 2 fully saturated rings. The number of ether oxygens (including phenoxy) is 2. The lowest BCUT2D eigenvalue weighted by molar-refractivity contribution is -0.137. The van der Waals surface area contributed by atoms with Crippen LogP contribution in [0.1, 0.15) is 43.7 Å². The molecule has 42 heavy (non-hydrogen) atoms. The first-order chi connectivity index (χ1) is 20.2. The molecule has 2 N–H and O–H groups in total. The number of fused-ring (bicyclic) bond motifs is 3. The Bertz CT molecular complexity index is 1460. The van der Waals surface area contributed by atoms with Crippen LogP contribution < -0.4 is 4.74 Å². The van der Waals surface area contributed by atoms with E-state index in [-0.39, 0.29) is 12.1 Å². The van der Waals surface area contributed by atoms with Crippen LogP contribution in [0.3, 0.4) is 0 Å². The summed E-state index contributed by atoms with van der Waals surface area (Å²) in [4.78, 5) is 39.5. The van der Waals surface area contributed by atoms with Crippen molar-refractivity contribution in [1.82, 2.24) is 4.90 Å². The molecule has 0 spiro atoms. The van der Waals surface area contributed by atoms with Crippen molar-refractivity contribution in [2.75, 3.05) is 14.2 Å². The topological polar surface area (TPSA) is 123 Å². The molecule has 3 aliphatic rings. The molecule has 0 saturated carbocycles. The van der Waals surface area contributed by atoms with E-state index in [0.717, 1.165) is 35.0 Å². The third-order valence-electron chi connectivity index (χ3n) is 8.52. The summed E-state index contributed by atoms with van der Waals surface area (Å²) in [5.41, 5.74) is 4.91. The fraction of sp³-hybridized carbons (Fsp3) is 0.387. The van der Waals surface area contributed by atoms with Gasteiger partial charge in [-0.3, -0.25) is 9.59 Å². The number of allylic oxidation sites excluding steroid dienone is 2. The van der Waals surface area contributed by atoms with Crippen LogP contribution >= 0.6 is 22.6 Å². The molecule has 0 bridgehead atoms. The number of phenols is 1. The first kappa shape index (κ1) is 30.3. The van der Waals surface area contributed by atoms with Gasteiger partial charge < -0.3 is 24.3 Å². The normalized spacial score (nSPS) is 24.1. The Labute approximate surface area is 258 Å². The van der Waals surface area contributed by atoms with Gasteiger partial charge in [-0.05, 0) is 94.9 Å². The second-order valence-electron chi connectivity index (χ2n) is 10.8. The summed E-state index contributed by atoms with van der Waals surface area (Å²) in [6, 6.07) is 13.6. The van der Waals surface area contributed by atoms with E-state index in [2.05, 4.69) is 28.7 Å². The number of rotatable bonds is 7. The van der Waals surface area contributed by atoms with Crippen molar-refractivity contribution >= 4 is 59.3 Å². The Morgan fingerprint density at radius 2 is 1.90 bits per heavy atom. The number of hydrogen-bond acceptors (Lipinski definition) is 8. The molecule has 0 radical (unpaired) electrons. The summed E-state index contributed by atoms with van der Waals surface area (Å²) in [6.07, 6.45) is 2.94. The Morgan fingerprint density at radius 3 is 2.57 bits per heavy atom. The van der Waals surface area contributed by atoms with E-state index >= 15 is 0 Å². The minimum atomic E-state index is -1.11. The van der Waals surface area contributed by atoms with Gasteiger partial charge in [0.15, 0.2) is 11.5 Å². The quantitative estimate of drug-likeness (QED) is 0.133. The minimum Gasteiger partial charge on any atom is -0.504 e. The first-order valence-corrected chi connectivity index (χ1v) is 15.1. The highest BCUT2D eigenvalue weighted by Gasteiger charge is 2.59. The van der Waals surface area contributed by atoms with Crippen LogP contribution in [0.2, 0.25) is 6.32 Å². The number of aromatic hydroxyl groups is 1. The number of halogens is 1. The average molecular weight is 685 g/mol. The minimum absolute atomic E-state index is 0.0903. The van der Waals surface area contributed by atoms with Gasteiger partial charge in [0.1, 0.15) is 0 Å². The smallest absolute Gasteiger partial charge is 0.455 e. The van der Waals surface area contributed by atoms with E-state index in [0.29, 0.717) is 39.9 Å². The molecule has 4 atom stereocenters. The zero-order valence-corrected chi connectivity index (χ0v) is 25.9. The van der Waals surface area contributed by atoms with E-state index in [4.69, 9.17) is 14.1 Å². The van der Waals surface area contributed by atoms with Crippen molar-refractivity contribution in [2.45, 2.75) is 45.0 Å². The molecule has 3 amide bonds. The van der Waals surface area contributed by atoms with E-state index in [1.54, 1.807) is 6.07 Å². The lowest BCUT2D eigenvalue weighted by Gasteiger charge is -2.43. The zero-order valence-electron chi connectivity index (χ0n) is 23.7. The van der Waals surface area contributed by atoms with Crippen molar-refractivity contribution in [3.8, 4) is 11.5 Å². The fourth-order valence-electron chi connectivity index (χ4n) is 6.65. The summed E-state index contributed by atoms with van der Waals surface area (Å²) in [6.45, 7) is 2.01. The Balaban J connectivity index is 1.48.